The molecule has 1 aliphatic heterocycles. The summed E-state index contributed by atoms with van der Waals surface area (Å²) in [5.41, 5.74) is 2.23. The van der Waals surface area contributed by atoms with Crippen molar-refractivity contribution < 1.29 is 13.9 Å². The molecule has 3 heterocycles. The number of hydrogen-bond acceptors (Lipinski definition) is 7. The number of anilines is 2. The van der Waals surface area contributed by atoms with E-state index in [9.17, 15) is 9.18 Å². The normalized spacial score (nSPS) is 16.1. The summed E-state index contributed by atoms with van der Waals surface area (Å²) in [4.78, 5) is 25.5. The second kappa shape index (κ2) is 8.96. The Morgan fingerprint density at radius 2 is 2.13 bits per heavy atom. The van der Waals surface area contributed by atoms with Gasteiger partial charge >= 0.3 is 5.97 Å². The Morgan fingerprint density at radius 3 is 2.90 bits per heavy atom. The highest BCUT2D eigenvalue weighted by Crippen LogP contribution is 2.27. The van der Waals surface area contributed by atoms with E-state index < -0.39 is 5.97 Å². The maximum atomic E-state index is 13.6. The van der Waals surface area contributed by atoms with Gasteiger partial charge in [0.15, 0.2) is 0 Å². The highest BCUT2D eigenvalue weighted by molar-refractivity contribution is 5.90. The molecule has 1 aliphatic rings. The van der Waals surface area contributed by atoms with Gasteiger partial charge < -0.3 is 15.4 Å². The molecular weight excluding hydrogens is 385 g/mol. The topological polar surface area (TPSA) is 89.0 Å². The second-order valence-corrected chi connectivity index (χ2v) is 7.13. The molecular formula is C22H22FN5O2. The number of esters is 1. The second-order valence-electron chi connectivity index (χ2n) is 7.13. The summed E-state index contributed by atoms with van der Waals surface area (Å²) in [5, 5.41) is 6.54. The largest absolute Gasteiger partial charge is 0.465 e. The summed E-state index contributed by atoms with van der Waals surface area (Å²) < 4.78 is 18.4. The number of rotatable bonds is 5. The maximum absolute atomic E-state index is 13.6. The van der Waals surface area contributed by atoms with Crippen molar-refractivity contribution in [3.63, 3.8) is 0 Å². The van der Waals surface area contributed by atoms with E-state index in [1.165, 1.54) is 25.4 Å². The van der Waals surface area contributed by atoms with E-state index in [0.717, 1.165) is 25.9 Å². The molecule has 0 bridgehead atoms. The van der Waals surface area contributed by atoms with E-state index in [1.54, 1.807) is 30.5 Å². The Labute approximate surface area is 173 Å². The third-order valence-corrected chi connectivity index (χ3v) is 4.96. The Morgan fingerprint density at radius 1 is 1.23 bits per heavy atom. The van der Waals surface area contributed by atoms with Gasteiger partial charge in [0.2, 0.25) is 0 Å². The molecule has 0 spiro atoms. The van der Waals surface area contributed by atoms with Crippen LogP contribution in [0.3, 0.4) is 0 Å². The van der Waals surface area contributed by atoms with E-state index in [-0.39, 0.29) is 11.7 Å². The Bertz CT molecular complexity index is 1050. The quantitative estimate of drug-likeness (QED) is 0.624. The first-order chi connectivity index (χ1) is 14.6. The Hall–Kier alpha value is -3.39. The molecule has 0 aliphatic carbocycles. The zero-order valence-corrected chi connectivity index (χ0v) is 16.6. The number of pyridine rings is 1. The van der Waals surface area contributed by atoms with E-state index in [1.807, 2.05) is 0 Å². The summed E-state index contributed by atoms with van der Waals surface area (Å²) >= 11 is 0. The predicted octanol–water partition coefficient (Wildman–Crippen LogP) is 3.67. The van der Waals surface area contributed by atoms with Gasteiger partial charge in [-0.15, -0.1) is 0 Å². The van der Waals surface area contributed by atoms with Crippen LogP contribution in [-0.4, -0.2) is 41.1 Å². The molecule has 4 rings (SSSR count). The summed E-state index contributed by atoms with van der Waals surface area (Å²) in [6.45, 7) is 1.78. The van der Waals surface area contributed by atoms with E-state index in [4.69, 9.17) is 9.72 Å². The average molecular weight is 407 g/mol. The monoisotopic (exact) mass is 407 g/mol. The molecule has 2 N–H and O–H groups in total. The van der Waals surface area contributed by atoms with Crippen LogP contribution in [0.1, 0.15) is 34.9 Å². The molecule has 1 saturated heterocycles. The molecule has 1 unspecified atom stereocenters. The zero-order chi connectivity index (χ0) is 20.9. The van der Waals surface area contributed by atoms with Crippen molar-refractivity contribution in [2.24, 2.45) is 0 Å². The molecule has 7 nitrogen and oxygen atoms in total. The maximum Gasteiger partial charge on any atom is 0.339 e. The molecule has 1 fully saturated rings. The van der Waals surface area contributed by atoms with Crippen LogP contribution in [0.4, 0.5) is 15.9 Å². The van der Waals surface area contributed by atoms with Gasteiger partial charge in [-0.3, -0.25) is 4.98 Å². The van der Waals surface area contributed by atoms with Gasteiger partial charge in [-0.05, 0) is 43.7 Å². The van der Waals surface area contributed by atoms with E-state index in [2.05, 4.69) is 20.6 Å². The lowest BCUT2D eigenvalue weighted by atomic mass is 9.98. The SMILES string of the molecule is COC(=O)c1cncc(-c2cc(Nc3cccc(F)c3)nc(C3CCCNC3)n2)c1. The lowest BCUT2D eigenvalue weighted by molar-refractivity contribution is 0.0600. The Kier molecular flexibility index (Phi) is 5.94. The van der Waals surface area contributed by atoms with Crippen LogP contribution in [-0.2, 0) is 4.74 Å². The lowest BCUT2D eigenvalue weighted by Gasteiger charge is -2.22. The fraction of sp³-hybridized carbons (Fsp3) is 0.273. The molecule has 1 atom stereocenters. The first-order valence-corrected chi connectivity index (χ1v) is 9.78. The average Bonchev–Trinajstić information content (AvgIpc) is 2.79. The molecule has 154 valence electrons. The van der Waals surface area contributed by atoms with Crippen LogP contribution in [0, 0.1) is 5.82 Å². The van der Waals surface area contributed by atoms with Crippen molar-refractivity contribution in [1.82, 2.24) is 20.3 Å². The van der Waals surface area contributed by atoms with Crippen LogP contribution < -0.4 is 10.6 Å². The van der Waals surface area contributed by atoms with Gasteiger partial charge in [-0.25, -0.2) is 19.2 Å². The van der Waals surface area contributed by atoms with Crippen LogP contribution in [0.2, 0.25) is 0 Å². The van der Waals surface area contributed by atoms with Crippen molar-refractivity contribution in [1.29, 1.82) is 0 Å². The summed E-state index contributed by atoms with van der Waals surface area (Å²) in [7, 11) is 1.33. The van der Waals surface area contributed by atoms with Gasteiger partial charge in [0.05, 0.1) is 18.4 Å². The van der Waals surface area contributed by atoms with Crippen LogP contribution in [0.25, 0.3) is 11.3 Å². The van der Waals surface area contributed by atoms with Crippen LogP contribution >= 0.6 is 0 Å². The minimum Gasteiger partial charge on any atom is -0.465 e. The third kappa shape index (κ3) is 4.60. The van der Waals surface area contributed by atoms with Gasteiger partial charge in [0.1, 0.15) is 17.5 Å². The fourth-order valence-electron chi connectivity index (χ4n) is 3.46. The molecule has 0 amide bonds. The number of nitrogens with one attached hydrogen (secondary N) is 2. The molecule has 3 aromatic rings. The number of nitrogens with zero attached hydrogens (tertiary/aromatic N) is 3. The summed E-state index contributed by atoms with van der Waals surface area (Å²) in [6, 6.07) is 9.66. The van der Waals surface area contributed by atoms with Gasteiger partial charge in [0, 0.05) is 42.2 Å². The fourth-order valence-corrected chi connectivity index (χ4v) is 3.46. The Balaban J connectivity index is 1.74. The van der Waals surface area contributed by atoms with Crippen molar-refractivity contribution >= 4 is 17.5 Å². The summed E-state index contributed by atoms with van der Waals surface area (Å²) in [6.07, 6.45) is 5.12. The highest BCUT2D eigenvalue weighted by Gasteiger charge is 2.20. The van der Waals surface area contributed by atoms with Gasteiger partial charge in [-0.2, -0.15) is 0 Å². The van der Waals surface area contributed by atoms with E-state index in [0.29, 0.717) is 34.2 Å². The molecule has 2 aromatic heterocycles. The van der Waals surface area contributed by atoms with Crippen molar-refractivity contribution in [2.45, 2.75) is 18.8 Å². The van der Waals surface area contributed by atoms with Crippen molar-refractivity contribution in [3.8, 4) is 11.3 Å². The minimum atomic E-state index is -0.465. The number of carbonyl (C=O) groups is 1. The molecule has 1 aromatic carbocycles. The number of hydrogen-bond donors (Lipinski definition) is 2. The first kappa shape index (κ1) is 19.9. The predicted molar refractivity (Wildman–Crippen MR) is 111 cm³/mol. The van der Waals surface area contributed by atoms with Crippen molar-refractivity contribution in [3.05, 3.63) is 66.0 Å². The number of aromatic nitrogens is 3. The van der Waals surface area contributed by atoms with Gasteiger partial charge in [-0.1, -0.05) is 6.07 Å². The van der Waals surface area contributed by atoms with Crippen molar-refractivity contribution in [2.75, 3.05) is 25.5 Å². The van der Waals surface area contributed by atoms with E-state index >= 15 is 0 Å². The molecule has 0 radical (unpaired) electrons. The zero-order valence-electron chi connectivity index (χ0n) is 16.6. The first-order valence-electron chi connectivity index (χ1n) is 9.78. The molecule has 30 heavy (non-hydrogen) atoms. The number of piperidine rings is 1. The third-order valence-electron chi connectivity index (χ3n) is 4.96. The van der Waals surface area contributed by atoms with Gasteiger partial charge in [0.25, 0.3) is 0 Å². The standard InChI is InChI=1S/C22H22FN5O2/c1-30-22(29)16-8-15(12-25-13-16)19-10-20(26-18-6-2-5-17(23)9-18)28-21(27-19)14-4-3-7-24-11-14/h2,5-6,8-10,12-14,24H,3-4,7,11H2,1H3,(H,26,27,28). The number of ether oxygens (including phenoxy) is 1. The number of halogens is 1. The number of methoxy groups -OCH3 is 1. The van der Waals surface area contributed by atoms with Crippen LogP contribution in [0.15, 0.2) is 48.8 Å². The smallest absolute Gasteiger partial charge is 0.339 e. The minimum absolute atomic E-state index is 0.170. The number of carbonyl (C=O) groups excluding carboxylic acids is 1. The highest BCUT2D eigenvalue weighted by atomic mass is 19.1. The lowest BCUT2D eigenvalue weighted by Crippen LogP contribution is -2.29. The number of benzene rings is 1. The summed E-state index contributed by atoms with van der Waals surface area (Å²) in [5.74, 6) is 0.620. The molecule has 0 saturated carbocycles. The molecule has 8 heteroatoms. The van der Waals surface area contributed by atoms with Crippen LogP contribution in [0.5, 0.6) is 0 Å².